The first kappa shape index (κ1) is 17.2. The summed E-state index contributed by atoms with van der Waals surface area (Å²) < 4.78 is 0. The van der Waals surface area contributed by atoms with Crippen LogP contribution in [0.2, 0.25) is 0 Å². The van der Waals surface area contributed by atoms with Gasteiger partial charge in [-0.1, -0.05) is 51.1 Å². The van der Waals surface area contributed by atoms with Crippen LogP contribution < -0.4 is 5.32 Å². The standard InChI is InChI=1S/C18H32N2/c1-6-17(13-16-10-8-7-9-11-16)19-18(12-15(2)3)14-20(4)5/h7-11,15,17-19H,6,12-14H2,1-5H3. The molecule has 2 unspecified atom stereocenters. The quantitative estimate of drug-likeness (QED) is 0.742. The van der Waals surface area contributed by atoms with Crippen LogP contribution in [0.1, 0.15) is 39.2 Å². The Labute approximate surface area is 125 Å². The molecule has 0 saturated carbocycles. The second kappa shape index (κ2) is 9.15. The van der Waals surface area contributed by atoms with E-state index in [1.165, 1.54) is 18.4 Å². The highest BCUT2D eigenvalue weighted by atomic mass is 15.1. The minimum atomic E-state index is 0.570. The molecule has 2 nitrogen and oxygen atoms in total. The van der Waals surface area contributed by atoms with E-state index >= 15 is 0 Å². The highest BCUT2D eigenvalue weighted by Gasteiger charge is 2.16. The summed E-state index contributed by atoms with van der Waals surface area (Å²) in [5, 5.41) is 3.87. The molecular formula is C18H32N2. The zero-order valence-electron chi connectivity index (χ0n) is 13.9. The van der Waals surface area contributed by atoms with E-state index in [9.17, 15) is 0 Å². The zero-order valence-corrected chi connectivity index (χ0v) is 13.9. The summed E-state index contributed by atoms with van der Waals surface area (Å²) in [5.74, 6) is 0.738. The Morgan fingerprint density at radius 2 is 1.70 bits per heavy atom. The van der Waals surface area contributed by atoms with Crippen molar-refractivity contribution in [3.63, 3.8) is 0 Å². The molecule has 0 aliphatic rings. The van der Waals surface area contributed by atoms with E-state index < -0.39 is 0 Å². The van der Waals surface area contributed by atoms with Gasteiger partial charge in [0.05, 0.1) is 0 Å². The molecule has 1 N–H and O–H groups in total. The summed E-state index contributed by atoms with van der Waals surface area (Å²) in [6.45, 7) is 8.01. The lowest BCUT2D eigenvalue weighted by atomic mass is 9.99. The van der Waals surface area contributed by atoms with Crippen molar-refractivity contribution in [3.8, 4) is 0 Å². The van der Waals surface area contributed by atoms with Crippen LogP contribution in [0.5, 0.6) is 0 Å². The van der Waals surface area contributed by atoms with Crippen molar-refractivity contribution in [1.82, 2.24) is 10.2 Å². The van der Waals surface area contributed by atoms with E-state index in [4.69, 9.17) is 0 Å². The van der Waals surface area contributed by atoms with E-state index in [0.717, 1.165) is 18.9 Å². The van der Waals surface area contributed by atoms with Crippen molar-refractivity contribution >= 4 is 0 Å². The van der Waals surface area contributed by atoms with Gasteiger partial charge in [0, 0.05) is 18.6 Å². The van der Waals surface area contributed by atoms with E-state index in [1.807, 2.05) is 0 Å². The SMILES string of the molecule is CCC(Cc1ccccc1)NC(CC(C)C)CN(C)C. The summed E-state index contributed by atoms with van der Waals surface area (Å²) in [6.07, 6.45) is 3.54. The molecular weight excluding hydrogens is 244 g/mol. The number of likely N-dealkylation sites (N-methyl/N-ethyl adjacent to an activating group) is 1. The number of nitrogens with one attached hydrogen (secondary N) is 1. The maximum atomic E-state index is 3.87. The van der Waals surface area contributed by atoms with Crippen molar-refractivity contribution in [1.29, 1.82) is 0 Å². The second-order valence-electron chi connectivity index (χ2n) is 6.55. The minimum Gasteiger partial charge on any atom is -0.310 e. The zero-order chi connectivity index (χ0) is 15.0. The van der Waals surface area contributed by atoms with Crippen LogP contribution in [0, 0.1) is 5.92 Å². The molecule has 0 bridgehead atoms. The second-order valence-corrected chi connectivity index (χ2v) is 6.55. The van der Waals surface area contributed by atoms with Gasteiger partial charge < -0.3 is 10.2 Å². The van der Waals surface area contributed by atoms with E-state index in [2.05, 4.69) is 75.4 Å². The van der Waals surface area contributed by atoms with Gasteiger partial charge in [0.1, 0.15) is 0 Å². The predicted molar refractivity (Wildman–Crippen MR) is 89.2 cm³/mol. The van der Waals surface area contributed by atoms with Gasteiger partial charge in [0.25, 0.3) is 0 Å². The molecule has 0 fully saturated rings. The van der Waals surface area contributed by atoms with Crippen molar-refractivity contribution in [2.24, 2.45) is 5.92 Å². The van der Waals surface area contributed by atoms with Crippen LogP contribution in [-0.2, 0) is 6.42 Å². The molecule has 0 aromatic heterocycles. The van der Waals surface area contributed by atoms with Crippen LogP contribution in [0.15, 0.2) is 30.3 Å². The van der Waals surface area contributed by atoms with Gasteiger partial charge in [-0.25, -0.2) is 0 Å². The molecule has 0 saturated heterocycles. The predicted octanol–water partition coefficient (Wildman–Crippen LogP) is 3.57. The number of nitrogens with zero attached hydrogens (tertiary/aromatic N) is 1. The fourth-order valence-corrected chi connectivity index (χ4v) is 2.76. The van der Waals surface area contributed by atoms with Crippen LogP contribution in [0.25, 0.3) is 0 Å². The summed E-state index contributed by atoms with van der Waals surface area (Å²) in [4.78, 5) is 2.29. The molecule has 20 heavy (non-hydrogen) atoms. The monoisotopic (exact) mass is 276 g/mol. The molecule has 1 aromatic carbocycles. The van der Waals surface area contributed by atoms with E-state index in [1.54, 1.807) is 0 Å². The molecule has 0 amide bonds. The molecule has 2 atom stereocenters. The Morgan fingerprint density at radius 1 is 1.05 bits per heavy atom. The maximum Gasteiger partial charge on any atom is 0.0199 e. The number of hydrogen-bond acceptors (Lipinski definition) is 2. The van der Waals surface area contributed by atoms with Gasteiger partial charge in [-0.3, -0.25) is 0 Å². The lowest BCUT2D eigenvalue weighted by Gasteiger charge is -2.29. The Balaban J connectivity index is 2.58. The fourth-order valence-electron chi connectivity index (χ4n) is 2.76. The fraction of sp³-hybridized carbons (Fsp3) is 0.667. The molecule has 0 radical (unpaired) electrons. The van der Waals surface area contributed by atoms with Crippen LogP contribution in [0.3, 0.4) is 0 Å². The van der Waals surface area contributed by atoms with Crippen LogP contribution in [0.4, 0.5) is 0 Å². The molecule has 0 aliphatic heterocycles. The first-order valence-corrected chi connectivity index (χ1v) is 7.96. The molecule has 0 spiro atoms. The van der Waals surface area contributed by atoms with Crippen molar-refractivity contribution in [2.45, 2.75) is 52.1 Å². The van der Waals surface area contributed by atoms with Crippen LogP contribution >= 0.6 is 0 Å². The normalized spacial score (nSPS) is 14.8. The first-order chi connectivity index (χ1) is 9.51. The third-order valence-corrected chi connectivity index (χ3v) is 3.63. The molecule has 114 valence electrons. The lowest BCUT2D eigenvalue weighted by Crippen LogP contribution is -2.45. The van der Waals surface area contributed by atoms with Gasteiger partial charge in [0.2, 0.25) is 0 Å². The van der Waals surface area contributed by atoms with Gasteiger partial charge in [-0.2, -0.15) is 0 Å². The van der Waals surface area contributed by atoms with Gasteiger partial charge in [0.15, 0.2) is 0 Å². The number of rotatable bonds is 9. The third kappa shape index (κ3) is 7.06. The minimum absolute atomic E-state index is 0.570. The summed E-state index contributed by atoms with van der Waals surface area (Å²) >= 11 is 0. The summed E-state index contributed by atoms with van der Waals surface area (Å²) in [5.41, 5.74) is 1.43. The summed E-state index contributed by atoms with van der Waals surface area (Å²) in [6, 6.07) is 12.0. The Hall–Kier alpha value is -0.860. The number of hydrogen-bond donors (Lipinski definition) is 1. The molecule has 2 heteroatoms. The Kier molecular flexibility index (Phi) is 7.86. The van der Waals surface area contributed by atoms with Crippen molar-refractivity contribution in [2.75, 3.05) is 20.6 Å². The van der Waals surface area contributed by atoms with Gasteiger partial charge >= 0.3 is 0 Å². The van der Waals surface area contributed by atoms with E-state index in [0.29, 0.717) is 12.1 Å². The third-order valence-electron chi connectivity index (χ3n) is 3.63. The molecule has 0 aliphatic carbocycles. The number of benzene rings is 1. The molecule has 1 aromatic rings. The Bertz CT molecular complexity index is 336. The summed E-state index contributed by atoms with van der Waals surface area (Å²) in [7, 11) is 4.32. The average molecular weight is 276 g/mol. The average Bonchev–Trinajstić information content (AvgIpc) is 2.37. The first-order valence-electron chi connectivity index (χ1n) is 7.96. The van der Waals surface area contributed by atoms with E-state index in [-0.39, 0.29) is 0 Å². The molecule has 0 heterocycles. The van der Waals surface area contributed by atoms with Gasteiger partial charge in [-0.05, 0) is 44.8 Å². The van der Waals surface area contributed by atoms with Gasteiger partial charge in [-0.15, -0.1) is 0 Å². The van der Waals surface area contributed by atoms with Crippen molar-refractivity contribution < 1.29 is 0 Å². The topological polar surface area (TPSA) is 15.3 Å². The largest absolute Gasteiger partial charge is 0.310 e. The van der Waals surface area contributed by atoms with Crippen LogP contribution in [-0.4, -0.2) is 37.6 Å². The lowest BCUT2D eigenvalue weighted by molar-refractivity contribution is 0.282. The molecule has 1 rings (SSSR count). The maximum absolute atomic E-state index is 3.87. The highest BCUT2D eigenvalue weighted by Crippen LogP contribution is 2.11. The highest BCUT2D eigenvalue weighted by molar-refractivity contribution is 5.15. The Morgan fingerprint density at radius 3 is 2.20 bits per heavy atom. The van der Waals surface area contributed by atoms with Crippen molar-refractivity contribution in [3.05, 3.63) is 35.9 Å². The smallest absolute Gasteiger partial charge is 0.0199 e.